The zero-order valence-corrected chi connectivity index (χ0v) is 13.8. The van der Waals surface area contributed by atoms with Crippen molar-refractivity contribution in [1.82, 2.24) is 5.32 Å². The summed E-state index contributed by atoms with van der Waals surface area (Å²) in [7, 11) is 0. The maximum absolute atomic E-state index is 14.1. The molecule has 1 aromatic rings. The van der Waals surface area contributed by atoms with Crippen LogP contribution in [-0.2, 0) is 16.6 Å². The lowest BCUT2D eigenvalue weighted by Crippen LogP contribution is -2.60. The molecule has 2 N–H and O–H groups in total. The fraction of sp³-hybridized carbons (Fsp3) is 0.438. The third-order valence-corrected chi connectivity index (χ3v) is 3.93. The Kier molecular flexibility index (Phi) is 6.31. The van der Waals surface area contributed by atoms with Crippen molar-refractivity contribution in [2.24, 2.45) is 5.92 Å². The Hall–Kier alpha value is -2.17. The molecule has 1 aromatic carbocycles. The van der Waals surface area contributed by atoms with Crippen molar-refractivity contribution in [3.63, 3.8) is 0 Å². The Bertz CT molecular complexity index is 681. The molecular weight excluding hydrogens is 390 g/mol. The number of benzene rings is 1. The van der Waals surface area contributed by atoms with Crippen LogP contribution in [0.1, 0.15) is 18.1 Å². The average molecular weight is 405 g/mol. The molecule has 0 radical (unpaired) electrons. The number of carbonyl (C=O) groups excluding carboxylic acids is 1. The van der Waals surface area contributed by atoms with E-state index >= 15 is 0 Å². The maximum Gasteiger partial charge on any atom is 0.456 e. The number of aliphatic hydroxyl groups is 1. The highest BCUT2D eigenvalue weighted by Crippen LogP contribution is 2.52. The molecule has 27 heavy (non-hydrogen) atoms. The van der Waals surface area contributed by atoms with Gasteiger partial charge in [-0.1, -0.05) is 25.1 Å². The van der Waals surface area contributed by atoms with Crippen molar-refractivity contribution in [2.75, 3.05) is 6.54 Å². The van der Waals surface area contributed by atoms with Gasteiger partial charge in [0.05, 0.1) is 11.5 Å². The molecule has 2 atom stereocenters. The molecule has 0 aromatic heterocycles. The van der Waals surface area contributed by atoms with Crippen LogP contribution in [-0.4, -0.2) is 29.7 Å². The van der Waals surface area contributed by atoms with Gasteiger partial charge >= 0.3 is 18.3 Å². The van der Waals surface area contributed by atoms with Crippen LogP contribution in [0.5, 0.6) is 0 Å². The van der Waals surface area contributed by atoms with Gasteiger partial charge in [-0.3, -0.25) is 4.79 Å². The van der Waals surface area contributed by atoms with E-state index in [1.165, 1.54) is 0 Å². The number of halogens is 8. The van der Waals surface area contributed by atoms with Gasteiger partial charge in [-0.2, -0.15) is 35.1 Å². The first-order valence-electron chi connectivity index (χ1n) is 7.34. The predicted octanol–water partition coefficient (Wildman–Crippen LogP) is 4.03. The van der Waals surface area contributed by atoms with E-state index in [9.17, 15) is 45.0 Å². The summed E-state index contributed by atoms with van der Waals surface area (Å²) in [5, 5.41) is 12.3. The Morgan fingerprint density at radius 1 is 1.07 bits per heavy atom. The van der Waals surface area contributed by atoms with Crippen LogP contribution < -0.4 is 5.32 Å². The van der Waals surface area contributed by atoms with Crippen LogP contribution in [0.4, 0.5) is 35.1 Å². The van der Waals surface area contributed by atoms with Gasteiger partial charge in [-0.05, 0) is 17.7 Å². The molecule has 0 fully saturated rings. The molecular formula is C16H15F8NO2. The minimum atomic E-state index is -6.28. The van der Waals surface area contributed by atoms with Crippen molar-refractivity contribution >= 4 is 5.91 Å². The van der Waals surface area contributed by atoms with E-state index < -0.39 is 46.8 Å². The maximum atomic E-state index is 14.1. The van der Waals surface area contributed by atoms with Gasteiger partial charge in [-0.15, -0.1) is 6.58 Å². The smallest absolute Gasteiger partial charge is 0.378 e. The second kappa shape index (κ2) is 7.45. The SMILES string of the molecule is C=CCNC(=O)[C@@H](C)[C@](O)(c1ccc(C(F)(F)F)cc1)C(F)(F)C(F)(F)F. The first-order valence-corrected chi connectivity index (χ1v) is 7.34. The van der Waals surface area contributed by atoms with Gasteiger partial charge in [0.25, 0.3) is 0 Å². The first-order chi connectivity index (χ1) is 12.1. The number of nitrogens with one attached hydrogen (secondary N) is 1. The lowest BCUT2D eigenvalue weighted by molar-refractivity contribution is -0.353. The Morgan fingerprint density at radius 3 is 1.89 bits per heavy atom. The number of hydrogen-bond donors (Lipinski definition) is 2. The van der Waals surface area contributed by atoms with E-state index in [-0.39, 0.29) is 30.8 Å². The van der Waals surface area contributed by atoms with Gasteiger partial charge in [0.2, 0.25) is 5.91 Å². The molecule has 152 valence electrons. The molecule has 0 spiro atoms. The van der Waals surface area contributed by atoms with E-state index in [1.54, 1.807) is 0 Å². The molecule has 11 heteroatoms. The minimum Gasteiger partial charge on any atom is -0.378 e. The molecule has 0 aliphatic heterocycles. The van der Waals surface area contributed by atoms with E-state index in [1.807, 2.05) is 5.32 Å². The van der Waals surface area contributed by atoms with Gasteiger partial charge in [0.15, 0.2) is 5.60 Å². The van der Waals surface area contributed by atoms with Crippen LogP contribution in [0.3, 0.4) is 0 Å². The minimum absolute atomic E-state index is 0.237. The van der Waals surface area contributed by atoms with Gasteiger partial charge < -0.3 is 10.4 Å². The average Bonchev–Trinajstić information content (AvgIpc) is 2.56. The van der Waals surface area contributed by atoms with E-state index in [2.05, 4.69) is 6.58 Å². The number of alkyl halides is 8. The standard InChI is InChI=1S/C16H15F8NO2/c1-3-8-25-12(26)9(2)13(27,15(20,21)16(22,23)24)10-4-6-11(7-5-10)14(17,18)19/h3-7,9,27H,1,8H2,2H3,(H,25,26)/t9-,13+/m1/s1. The quantitative estimate of drug-likeness (QED) is 0.555. The molecule has 0 saturated heterocycles. The topological polar surface area (TPSA) is 49.3 Å². The lowest BCUT2D eigenvalue weighted by atomic mass is 9.76. The van der Waals surface area contributed by atoms with Gasteiger partial charge in [0.1, 0.15) is 0 Å². The van der Waals surface area contributed by atoms with Crippen LogP contribution in [0, 0.1) is 5.92 Å². The molecule has 1 amide bonds. The van der Waals surface area contributed by atoms with Crippen molar-refractivity contribution in [1.29, 1.82) is 0 Å². The van der Waals surface area contributed by atoms with E-state index in [0.29, 0.717) is 6.92 Å². The number of amides is 1. The molecule has 0 unspecified atom stereocenters. The van der Waals surface area contributed by atoms with Crippen molar-refractivity contribution in [2.45, 2.75) is 30.8 Å². The van der Waals surface area contributed by atoms with Crippen molar-refractivity contribution < 1.29 is 45.0 Å². The van der Waals surface area contributed by atoms with Gasteiger partial charge in [0, 0.05) is 6.54 Å². The summed E-state index contributed by atoms with van der Waals surface area (Å²) in [5.41, 5.74) is -6.67. The van der Waals surface area contributed by atoms with Gasteiger partial charge in [-0.25, -0.2) is 0 Å². The summed E-state index contributed by atoms with van der Waals surface area (Å²) in [6.45, 7) is 3.54. The van der Waals surface area contributed by atoms with Crippen LogP contribution in [0.15, 0.2) is 36.9 Å². The summed E-state index contributed by atoms with van der Waals surface area (Å²) in [6, 6.07) is 1.03. The summed E-state index contributed by atoms with van der Waals surface area (Å²) < 4.78 is 105. The predicted molar refractivity (Wildman–Crippen MR) is 78.7 cm³/mol. The normalized spacial score (nSPS) is 16.4. The Morgan fingerprint density at radius 2 is 1.52 bits per heavy atom. The molecule has 0 saturated carbocycles. The Labute approximate surface area is 148 Å². The highest BCUT2D eigenvalue weighted by molar-refractivity contribution is 5.80. The first kappa shape index (κ1) is 22.9. The summed E-state index contributed by atoms with van der Waals surface area (Å²) in [5.74, 6) is -9.59. The molecule has 1 rings (SSSR count). The summed E-state index contributed by atoms with van der Waals surface area (Å²) in [6.07, 6.45) is -10.0. The Balaban J connectivity index is 3.55. The lowest BCUT2D eigenvalue weighted by Gasteiger charge is -2.40. The molecule has 3 nitrogen and oxygen atoms in total. The largest absolute Gasteiger partial charge is 0.456 e. The fourth-order valence-corrected chi connectivity index (χ4v) is 2.35. The zero-order chi connectivity index (χ0) is 21.3. The monoisotopic (exact) mass is 405 g/mol. The zero-order valence-electron chi connectivity index (χ0n) is 13.8. The fourth-order valence-electron chi connectivity index (χ4n) is 2.35. The molecule has 0 heterocycles. The van der Waals surface area contributed by atoms with Crippen molar-refractivity contribution in [3.05, 3.63) is 48.0 Å². The van der Waals surface area contributed by atoms with E-state index in [0.717, 1.165) is 6.08 Å². The third kappa shape index (κ3) is 4.23. The second-order valence-electron chi connectivity index (χ2n) is 5.67. The molecule has 0 aliphatic carbocycles. The highest BCUT2D eigenvalue weighted by atomic mass is 19.4. The van der Waals surface area contributed by atoms with E-state index in [4.69, 9.17) is 0 Å². The number of hydrogen-bond acceptors (Lipinski definition) is 2. The third-order valence-electron chi connectivity index (χ3n) is 3.93. The number of carbonyl (C=O) groups is 1. The van der Waals surface area contributed by atoms with Crippen LogP contribution in [0.25, 0.3) is 0 Å². The summed E-state index contributed by atoms with van der Waals surface area (Å²) >= 11 is 0. The highest BCUT2D eigenvalue weighted by Gasteiger charge is 2.73. The van der Waals surface area contributed by atoms with Crippen LogP contribution in [0.2, 0.25) is 0 Å². The molecule has 0 aliphatic rings. The number of rotatable bonds is 6. The summed E-state index contributed by atoms with van der Waals surface area (Å²) in [4.78, 5) is 11.9. The van der Waals surface area contributed by atoms with Crippen LogP contribution >= 0.6 is 0 Å². The second-order valence-corrected chi connectivity index (χ2v) is 5.67. The molecule has 0 bridgehead atoms. The van der Waals surface area contributed by atoms with Crippen molar-refractivity contribution in [3.8, 4) is 0 Å².